The standard InChI is InChI=1S/C26H32N4O3/c1-18-15-22(20-5-3-4-6-20)16-27-24(18)28-11-13-29(14-12-28)25(31)21-7-9-23(10-8-21)30-19(2)17-33-26(30)32/h7-10,15-16,19-20H,3-6,11-14,17H2,1-2H3/t19-/m1/s1. The summed E-state index contributed by atoms with van der Waals surface area (Å²) in [4.78, 5) is 35.6. The maximum Gasteiger partial charge on any atom is 0.414 e. The van der Waals surface area contributed by atoms with Crippen LogP contribution < -0.4 is 9.80 Å². The van der Waals surface area contributed by atoms with E-state index in [0.717, 1.165) is 24.6 Å². The van der Waals surface area contributed by atoms with Gasteiger partial charge >= 0.3 is 6.09 Å². The Morgan fingerprint density at radius 2 is 1.76 bits per heavy atom. The smallest absolute Gasteiger partial charge is 0.414 e. The molecule has 1 saturated carbocycles. The predicted octanol–water partition coefficient (Wildman–Crippen LogP) is 4.36. The molecule has 7 nitrogen and oxygen atoms in total. The Morgan fingerprint density at radius 3 is 2.36 bits per heavy atom. The minimum absolute atomic E-state index is 0.00331. The zero-order valence-electron chi connectivity index (χ0n) is 19.5. The molecule has 2 saturated heterocycles. The van der Waals surface area contributed by atoms with Crippen LogP contribution in [-0.4, -0.2) is 60.7 Å². The lowest BCUT2D eigenvalue weighted by molar-refractivity contribution is 0.0746. The Kier molecular flexibility index (Phi) is 5.96. The number of carbonyl (C=O) groups is 2. The Hall–Kier alpha value is -3.09. The average molecular weight is 449 g/mol. The lowest BCUT2D eigenvalue weighted by atomic mass is 9.98. The largest absolute Gasteiger partial charge is 0.447 e. The van der Waals surface area contributed by atoms with Gasteiger partial charge in [-0.25, -0.2) is 9.78 Å². The van der Waals surface area contributed by atoms with Crippen LogP contribution in [0.15, 0.2) is 36.5 Å². The summed E-state index contributed by atoms with van der Waals surface area (Å²) in [6, 6.07) is 9.56. The zero-order valence-corrected chi connectivity index (χ0v) is 19.5. The molecule has 174 valence electrons. The van der Waals surface area contributed by atoms with E-state index in [1.807, 2.05) is 24.0 Å². The van der Waals surface area contributed by atoms with Crippen molar-refractivity contribution in [3.8, 4) is 0 Å². The molecule has 0 spiro atoms. The molecule has 0 unspecified atom stereocenters. The molecule has 0 bridgehead atoms. The molecule has 1 aromatic carbocycles. The summed E-state index contributed by atoms with van der Waals surface area (Å²) < 4.78 is 5.09. The number of piperazine rings is 1. The molecule has 5 rings (SSSR count). The molecule has 7 heteroatoms. The van der Waals surface area contributed by atoms with Crippen LogP contribution in [0.1, 0.15) is 60.0 Å². The van der Waals surface area contributed by atoms with Crippen molar-refractivity contribution in [3.63, 3.8) is 0 Å². The second kappa shape index (κ2) is 9.04. The molecule has 2 amide bonds. The van der Waals surface area contributed by atoms with Crippen molar-refractivity contribution in [2.75, 3.05) is 42.6 Å². The lowest BCUT2D eigenvalue weighted by Crippen LogP contribution is -2.49. The summed E-state index contributed by atoms with van der Waals surface area (Å²) >= 11 is 0. The molecule has 0 N–H and O–H groups in total. The quantitative estimate of drug-likeness (QED) is 0.696. The van der Waals surface area contributed by atoms with Crippen molar-refractivity contribution >= 4 is 23.5 Å². The number of cyclic esters (lactones) is 1. The van der Waals surface area contributed by atoms with Gasteiger partial charge in [0.2, 0.25) is 0 Å². The lowest BCUT2D eigenvalue weighted by Gasteiger charge is -2.36. The first-order valence-corrected chi connectivity index (χ1v) is 12.1. The Morgan fingerprint density at radius 1 is 1.06 bits per heavy atom. The highest BCUT2D eigenvalue weighted by molar-refractivity contribution is 5.96. The van der Waals surface area contributed by atoms with Crippen LogP contribution >= 0.6 is 0 Å². The second-order valence-corrected chi connectivity index (χ2v) is 9.51. The van der Waals surface area contributed by atoms with E-state index >= 15 is 0 Å². The van der Waals surface area contributed by atoms with Crippen LogP contribution in [0.25, 0.3) is 0 Å². The number of rotatable bonds is 4. The molecular weight excluding hydrogens is 416 g/mol. The van der Waals surface area contributed by atoms with Crippen LogP contribution in [-0.2, 0) is 4.74 Å². The van der Waals surface area contributed by atoms with Gasteiger partial charge in [0.15, 0.2) is 0 Å². The minimum Gasteiger partial charge on any atom is -0.447 e. The van der Waals surface area contributed by atoms with Crippen molar-refractivity contribution in [3.05, 3.63) is 53.2 Å². The fourth-order valence-electron chi connectivity index (χ4n) is 5.35. The van der Waals surface area contributed by atoms with Crippen LogP contribution in [0.2, 0.25) is 0 Å². The molecule has 1 aromatic heterocycles. The monoisotopic (exact) mass is 448 g/mol. The van der Waals surface area contributed by atoms with Crippen LogP contribution in [0.3, 0.4) is 0 Å². The highest BCUT2D eigenvalue weighted by atomic mass is 16.6. The van der Waals surface area contributed by atoms with E-state index in [0.29, 0.717) is 31.2 Å². The molecule has 3 heterocycles. The number of aryl methyl sites for hydroxylation is 1. The first kappa shape index (κ1) is 21.7. The van der Waals surface area contributed by atoms with Gasteiger partial charge < -0.3 is 14.5 Å². The molecule has 33 heavy (non-hydrogen) atoms. The third-order valence-corrected chi connectivity index (χ3v) is 7.24. The summed E-state index contributed by atoms with van der Waals surface area (Å²) in [5.41, 5.74) is 4.00. The summed E-state index contributed by atoms with van der Waals surface area (Å²) in [6.07, 6.45) is 6.95. The third kappa shape index (κ3) is 4.28. The number of anilines is 2. The van der Waals surface area contributed by atoms with Gasteiger partial charge in [-0.1, -0.05) is 18.9 Å². The number of ether oxygens (including phenoxy) is 1. The fourth-order valence-corrected chi connectivity index (χ4v) is 5.35. The van der Waals surface area contributed by atoms with Gasteiger partial charge in [-0.3, -0.25) is 9.69 Å². The maximum absolute atomic E-state index is 13.0. The van der Waals surface area contributed by atoms with Crippen LogP contribution in [0.4, 0.5) is 16.3 Å². The van der Waals surface area contributed by atoms with Crippen molar-refractivity contribution in [2.45, 2.75) is 51.5 Å². The number of aromatic nitrogens is 1. The van der Waals surface area contributed by atoms with Crippen LogP contribution in [0.5, 0.6) is 0 Å². The molecule has 0 radical (unpaired) electrons. The van der Waals surface area contributed by atoms with Crippen molar-refractivity contribution in [1.29, 1.82) is 0 Å². The molecule has 1 atom stereocenters. The molecule has 1 aliphatic carbocycles. The molecule has 3 aliphatic rings. The number of hydrogen-bond donors (Lipinski definition) is 0. The first-order valence-electron chi connectivity index (χ1n) is 12.1. The molecule has 3 fully saturated rings. The highest BCUT2D eigenvalue weighted by Gasteiger charge is 2.31. The number of hydrogen-bond acceptors (Lipinski definition) is 5. The Bertz CT molecular complexity index is 1020. The van der Waals surface area contributed by atoms with E-state index in [1.54, 1.807) is 17.0 Å². The normalized spacial score (nSPS) is 21.6. The van der Waals surface area contributed by atoms with Gasteiger partial charge in [-0.15, -0.1) is 0 Å². The van der Waals surface area contributed by atoms with Crippen molar-refractivity contribution < 1.29 is 14.3 Å². The average Bonchev–Trinajstić information content (AvgIpc) is 3.49. The van der Waals surface area contributed by atoms with E-state index in [4.69, 9.17) is 9.72 Å². The van der Waals surface area contributed by atoms with Gasteiger partial charge in [-0.2, -0.15) is 0 Å². The van der Waals surface area contributed by atoms with E-state index in [1.165, 1.54) is 36.8 Å². The van der Waals surface area contributed by atoms with Crippen molar-refractivity contribution in [2.24, 2.45) is 0 Å². The van der Waals surface area contributed by atoms with Gasteiger partial charge in [-0.05, 0) is 68.0 Å². The fraction of sp³-hybridized carbons (Fsp3) is 0.500. The number of carbonyl (C=O) groups excluding carboxylic acids is 2. The number of amides is 2. The summed E-state index contributed by atoms with van der Waals surface area (Å²) in [6.45, 7) is 7.37. The predicted molar refractivity (Wildman–Crippen MR) is 128 cm³/mol. The Balaban J connectivity index is 1.20. The number of pyridine rings is 1. The molecular formula is C26H32N4O3. The van der Waals surface area contributed by atoms with Crippen molar-refractivity contribution in [1.82, 2.24) is 9.88 Å². The van der Waals surface area contributed by atoms with Crippen LogP contribution in [0, 0.1) is 6.92 Å². The highest BCUT2D eigenvalue weighted by Crippen LogP contribution is 2.35. The van der Waals surface area contributed by atoms with E-state index in [9.17, 15) is 9.59 Å². The van der Waals surface area contributed by atoms with E-state index < -0.39 is 0 Å². The number of benzene rings is 1. The van der Waals surface area contributed by atoms with Gasteiger partial charge in [0.25, 0.3) is 5.91 Å². The topological polar surface area (TPSA) is 66.0 Å². The Labute approximate surface area is 195 Å². The summed E-state index contributed by atoms with van der Waals surface area (Å²) in [5.74, 6) is 1.74. The van der Waals surface area contributed by atoms with Gasteiger partial charge in [0, 0.05) is 43.6 Å². The summed E-state index contributed by atoms with van der Waals surface area (Å²) in [7, 11) is 0. The van der Waals surface area contributed by atoms with E-state index in [-0.39, 0.29) is 18.0 Å². The molecule has 2 aliphatic heterocycles. The zero-order chi connectivity index (χ0) is 22.9. The molecule has 2 aromatic rings. The summed E-state index contributed by atoms with van der Waals surface area (Å²) in [5, 5.41) is 0. The van der Waals surface area contributed by atoms with Gasteiger partial charge in [0.05, 0.1) is 6.04 Å². The number of nitrogens with zero attached hydrogens (tertiary/aromatic N) is 4. The second-order valence-electron chi connectivity index (χ2n) is 9.51. The minimum atomic E-state index is -0.335. The maximum atomic E-state index is 13.0. The van der Waals surface area contributed by atoms with E-state index in [2.05, 4.69) is 24.1 Å². The van der Waals surface area contributed by atoms with Gasteiger partial charge in [0.1, 0.15) is 12.4 Å². The third-order valence-electron chi connectivity index (χ3n) is 7.24. The first-order chi connectivity index (χ1) is 16.0. The SMILES string of the molecule is Cc1cc(C2CCCC2)cnc1N1CCN(C(=O)c2ccc(N3C(=O)OC[C@H]3C)cc2)CC1.